The van der Waals surface area contributed by atoms with Crippen LogP contribution in [0.2, 0.25) is 0 Å². The molecular weight excluding hydrogens is 260 g/mol. The van der Waals surface area contributed by atoms with Crippen LogP contribution in [0.25, 0.3) is 5.57 Å². The van der Waals surface area contributed by atoms with E-state index in [9.17, 15) is 4.79 Å². The molecule has 0 amide bonds. The predicted molar refractivity (Wildman–Crippen MR) is 84.4 cm³/mol. The first-order valence-electron chi connectivity index (χ1n) is 7.22. The lowest BCUT2D eigenvalue weighted by atomic mass is 9.82. The molecule has 0 bridgehead atoms. The quantitative estimate of drug-likeness (QED) is 0.840. The van der Waals surface area contributed by atoms with Gasteiger partial charge in [-0.15, -0.1) is 0 Å². The third kappa shape index (κ3) is 2.89. The third-order valence-electron chi connectivity index (χ3n) is 4.03. The zero-order chi connectivity index (χ0) is 14.7. The van der Waals surface area contributed by atoms with E-state index in [0.717, 1.165) is 35.3 Å². The standard InChI is InChI=1S/C19H18O2/c1-21-17-10-7-15(8-11-17)18-12-9-16(13-19(18)20)14-5-3-2-4-6-14/h2-8,10-11,13,18H,9,12H2,1H3. The van der Waals surface area contributed by atoms with Crippen molar-refractivity contribution in [1.82, 2.24) is 0 Å². The molecule has 0 heterocycles. The van der Waals surface area contributed by atoms with Crippen LogP contribution >= 0.6 is 0 Å². The maximum Gasteiger partial charge on any atom is 0.163 e. The van der Waals surface area contributed by atoms with E-state index in [2.05, 4.69) is 12.1 Å². The highest BCUT2D eigenvalue weighted by Gasteiger charge is 2.24. The van der Waals surface area contributed by atoms with Gasteiger partial charge in [0.2, 0.25) is 0 Å². The van der Waals surface area contributed by atoms with Crippen LogP contribution in [0.1, 0.15) is 29.9 Å². The molecule has 2 nitrogen and oxygen atoms in total. The molecule has 0 fully saturated rings. The van der Waals surface area contributed by atoms with E-state index in [1.54, 1.807) is 7.11 Å². The lowest BCUT2D eigenvalue weighted by molar-refractivity contribution is -0.116. The first-order chi connectivity index (χ1) is 10.3. The van der Waals surface area contributed by atoms with Crippen molar-refractivity contribution in [3.05, 3.63) is 71.8 Å². The van der Waals surface area contributed by atoms with Gasteiger partial charge in [0.05, 0.1) is 7.11 Å². The normalized spacial score (nSPS) is 18.2. The van der Waals surface area contributed by atoms with Gasteiger partial charge >= 0.3 is 0 Å². The van der Waals surface area contributed by atoms with Gasteiger partial charge < -0.3 is 4.74 Å². The average Bonchev–Trinajstić information content (AvgIpc) is 2.56. The zero-order valence-corrected chi connectivity index (χ0v) is 12.1. The molecule has 2 aromatic carbocycles. The van der Waals surface area contributed by atoms with E-state index < -0.39 is 0 Å². The highest BCUT2D eigenvalue weighted by Crippen LogP contribution is 2.34. The van der Waals surface area contributed by atoms with E-state index in [0.29, 0.717) is 0 Å². The smallest absolute Gasteiger partial charge is 0.163 e. The van der Waals surface area contributed by atoms with Crippen molar-refractivity contribution in [2.45, 2.75) is 18.8 Å². The van der Waals surface area contributed by atoms with Gasteiger partial charge in [0.1, 0.15) is 5.75 Å². The van der Waals surface area contributed by atoms with E-state index in [-0.39, 0.29) is 11.7 Å². The van der Waals surface area contributed by atoms with Crippen molar-refractivity contribution >= 4 is 11.4 Å². The summed E-state index contributed by atoms with van der Waals surface area (Å²) in [5, 5.41) is 0. The van der Waals surface area contributed by atoms with Gasteiger partial charge in [-0.1, -0.05) is 42.5 Å². The number of carbonyl (C=O) groups is 1. The SMILES string of the molecule is COc1ccc(C2CCC(c3ccccc3)=CC2=O)cc1. The molecule has 0 saturated carbocycles. The molecule has 0 aliphatic heterocycles. The summed E-state index contributed by atoms with van der Waals surface area (Å²) < 4.78 is 5.16. The van der Waals surface area contributed by atoms with Crippen LogP contribution in [-0.4, -0.2) is 12.9 Å². The molecule has 21 heavy (non-hydrogen) atoms. The lowest BCUT2D eigenvalue weighted by Crippen LogP contribution is -2.15. The van der Waals surface area contributed by atoms with Crippen molar-refractivity contribution in [1.29, 1.82) is 0 Å². The topological polar surface area (TPSA) is 26.3 Å². The fraction of sp³-hybridized carbons (Fsp3) is 0.211. The monoisotopic (exact) mass is 278 g/mol. The fourth-order valence-corrected chi connectivity index (χ4v) is 2.83. The second kappa shape index (κ2) is 5.96. The van der Waals surface area contributed by atoms with Crippen LogP contribution in [-0.2, 0) is 4.79 Å². The molecule has 106 valence electrons. The van der Waals surface area contributed by atoms with Gasteiger partial charge in [-0.05, 0) is 47.8 Å². The summed E-state index contributed by atoms with van der Waals surface area (Å²) >= 11 is 0. The Labute approximate surface area is 125 Å². The van der Waals surface area contributed by atoms with Gasteiger partial charge in [0.15, 0.2) is 5.78 Å². The number of ketones is 1. The maximum absolute atomic E-state index is 12.4. The summed E-state index contributed by atoms with van der Waals surface area (Å²) in [6.07, 6.45) is 3.62. The summed E-state index contributed by atoms with van der Waals surface area (Å²) in [5.41, 5.74) is 3.37. The van der Waals surface area contributed by atoms with Gasteiger partial charge in [0, 0.05) is 5.92 Å². The van der Waals surface area contributed by atoms with E-state index in [4.69, 9.17) is 4.74 Å². The van der Waals surface area contributed by atoms with Crippen LogP contribution in [0, 0.1) is 0 Å². The Bertz CT molecular complexity index is 654. The highest BCUT2D eigenvalue weighted by molar-refractivity contribution is 6.02. The second-order valence-corrected chi connectivity index (χ2v) is 5.30. The Kier molecular flexibility index (Phi) is 3.87. The van der Waals surface area contributed by atoms with Gasteiger partial charge in [-0.3, -0.25) is 4.79 Å². The van der Waals surface area contributed by atoms with Crippen LogP contribution in [0.5, 0.6) is 5.75 Å². The van der Waals surface area contributed by atoms with Gasteiger partial charge in [-0.2, -0.15) is 0 Å². The Morgan fingerprint density at radius 1 is 1.00 bits per heavy atom. The molecule has 1 unspecified atom stereocenters. The van der Waals surface area contributed by atoms with E-state index >= 15 is 0 Å². The summed E-state index contributed by atoms with van der Waals surface area (Å²) in [5.74, 6) is 0.996. The second-order valence-electron chi connectivity index (χ2n) is 5.30. The lowest BCUT2D eigenvalue weighted by Gasteiger charge is -2.21. The molecule has 1 aliphatic carbocycles. The van der Waals surface area contributed by atoms with Crippen LogP contribution in [0.15, 0.2) is 60.7 Å². The van der Waals surface area contributed by atoms with Gasteiger partial charge in [0.25, 0.3) is 0 Å². The molecule has 0 spiro atoms. The predicted octanol–water partition coefficient (Wildman–Crippen LogP) is 4.23. The fourth-order valence-electron chi connectivity index (χ4n) is 2.83. The third-order valence-corrected chi connectivity index (χ3v) is 4.03. The Hall–Kier alpha value is -2.35. The van der Waals surface area contributed by atoms with Crippen LogP contribution in [0.3, 0.4) is 0 Å². The molecule has 3 rings (SSSR count). The maximum atomic E-state index is 12.4. The molecule has 0 radical (unpaired) electrons. The largest absolute Gasteiger partial charge is 0.497 e. The van der Waals surface area contributed by atoms with E-state index in [1.807, 2.05) is 48.5 Å². The Morgan fingerprint density at radius 2 is 1.71 bits per heavy atom. The Balaban J connectivity index is 1.82. The number of hydrogen-bond acceptors (Lipinski definition) is 2. The molecule has 0 saturated heterocycles. The number of ether oxygens (including phenoxy) is 1. The van der Waals surface area contributed by atoms with Crippen LogP contribution in [0.4, 0.5) is 0 Å². The highest BCUT2D eigenvalue weighted by atomic mass is 16.5. The summed E-state index contributed by atoms with van der Waals surface area (Å²) in [4.78, 5) is 12.4. The number of hydrogen-bond donors (Lipinski definition) is 0. The van der Waals surface area contributed by atoms with Crippen molar-refractivity contribution in [3.8, 4) is 5.75 Å². The van der Waals surface area contributed by atoms with Gasteiger partial charge in [-0.25, -0.2) is 0 Å². The summed E-state index contributed by atoms with van der Waals surface area (Å²) in [7, 11) is 1.65. The first-order valence-corrected chi connectivity index (χ1v) is 7.22. The molecule has 1 aliphatic rings. The van der Waals surface area contributed by atoms with Crippen molar-refractivity contribution < 1.29 is 9.53 Å². The molecule has 2 heteroatoms. The number of carbonyl (C=O) groups excluding carboxylic acids is 1. The number of benzene rings is 2. The van der Waals surface area contributed by atoms with Crippen molar-refractivity contribution in [2.75, 3.05) is 7.11 Å². The average molecular weight is 278 g/mol. The molecule has 1 atom stereocenters. The summed E-state index contributed by atoms with van der Waals surface area (Å²) in [6.45, 7) is 0. The van der Waals surface area contributed by atoms with E-state index in [1.165, 1.54) is 0 Å². The first kappa shape index (κ1) is 13.6. The molecule has 2 aromatic rings. The number of rotatable bonds is 3. The Morgan fingerprint density at radius 3 is 2.33 bits per heavy atom. The molecular formula is C19H18O2. The van der Waals surface area contributed by atoms with Crippen LogP contribution < -0.4 is 4.74 Å². The minimum atomic E-state index is -0.0247. The number of allylic oxidation sites excluding steroid dienone is 2. The molecule has 0 N–H and O–H groups in total. The minimum Gasteiger partial charge on any atom is -0.497 e. The van der Waals surface area contributed by atoms with Crippen molar-refractivity contribution in [3.63, 3.8) is 0 Å². The zero-order valence-electron chi connectivity index (χ0n) is 12.1. The minimum absolute atomic E-state index is 0.0247. The number of methoxy groups -OCH3 is 1. The van der Waals surface area contributed by atoms with Crippen molar-refractivity contribution in [2.24, 2.45) is 0 Å². The molecule has 0 aromatic heterocycles. The summed E-state index contributed by atoms with van der Waals surface area (Å²) in [6, 6.07) is 17.9.